The molecule has 0 N–H and O–H groups in total. The monoisotopic (exact) mass is 360 g/mol. The van der Waals surface area contributed by atoms with Gasteiger partial charge < -0.3 is 9.47 Å². The minimum Gasteiger partial charge on any atom is -0.481 e. The molecule has 0 spiro atoms. The maximum Gasteiger partial charge on any atom is 0.344 e. The fraction of sp³-hybridized carbons (Fsp3) is 0.111. The highest BCUT2D eigenvalue weighted by molar-refractivity contribution is 7.12. The molecule has 1 heterocycles. The summed E-state index contributed by atoms with van der Waals surface area (Å²) in [5, 5.41) is 4.07. The number of carbonyl (C=O) groups excluding carboxylic acids is 2. The van der Waals surface area contributed by atoms with Crippen LogP contribution in [0.5, 0.6) is 5.75 Å². The Morgan fingerprint density at radius 1 is 0.958 bits per heavy atom. The lowest BCUT2D eigenvalue weighted by molar-refractivity contribution is -0.144. The van der Waals surface area contributed by atoms with Crippen molar-refractivity contribution in [2.24, 2.45) is 0 Å². The lowest BCUT2D eigenvalue weighted by Crippen LogP contribution is -2.19. The molecule has 0 aliphatic carbocycles. The minimum atomic E-state index is -0.598. The van der Waals surface area contributed by atoms with E-state index in [1.807, 2.05) is 24.3 Å². The smallest absolute Gasteiger partial charge is 0.344 e. The largest absolute Gasteiger partial charge is 0.481 e. The summed E-state index contributed by atoms with van der Waals surface area (Å²) >= 11 is 7.45. The van der Waals surface area contributed by atoms with Crippen LogP contribution in [-0.2, 0) is 9.53 Å². The second kappa shape index (κ2) is 7.47. The molecule has 122 valence electrons. The molecule has 0 amide bonds. The van der Waals surface area contributed by atoms with E-state index in [2.05, 4.69) is 0 Å². The molecule has 1 aromatic heterocycles. The number of carbonyl (C=O) groups is 2. The van der Waals surface area contributed by atoms with E-state index in [1.54, 1.807) is 29.6 Å². The number of hydrogen-bond acceptors (Lipinski definition) is 5. The summed E-state index contributed by atoms with van der Waals surface area (Å²) in [6, 6.07) is 14.4. The number of hydrogen-bond donors (Lipinski definition) is 0. The molecule has 3 aromatic rings. The minimum absolute atomic E-state index is 0.227. The van der Waals surface area contributed by atoms with Gasteiger partial charge in [-0.1, -0.05) is 41.9 Å². The van der Waals surface area contributed by atoms with E-state index < -0.39 is 5.97 Å². The zero-order valence-corrected chi connectivity index (χ0v) is 14.1. The number of thiophene rings is 1. The Morgan fingerprint density at radius 3 is 2.50 bits per heavy atom. The quantitative estimate of drug-likeness (QED) is 0.484. The molecule has 0 aliphatic heterocycles. The molecular formula is C18H13ClO4S. The second-order valence-electron chi connectivity index (χ2n) is 4.94. The van der Waals surface area contributed by atoms with Crippen LogP contribution in [0.25, 0.3) is 10.8 Å². The highest BCUT2D eigenvalue weighted by Gasteiger charge is 2.12. The van der Waals surface area contributed by atoms with Crippen molar-refractivity contribution < 1.29 is 19.1 Å². The fourth-order valence-electron chi connectivity index (χ4n) is 2.19. The Bertz CT molecular complexity index is 874. The number of Topliss-reactive ketones (excluding diaryl/α,β-unsaturated/α-hetero) is 1. The molecule has 3 rings (SSSR count). The van der Waals surface area contributed by atoms with Crippen molar-refractivity contribution in [1.29, 1.82) is 0 Å². The van der Waals surface area contributed by atoms with Crippen LogP contribution in [-0.4, -0.2) is 25.0 Å². The van der Waals surface area contributed by atoms with Gasteiger partial charge in [-0.05, 0) is 23.6 Å². The highest BCUT2D eigenvalue weighted by atomic mass is 35.5. The van der Waals surface area contributed by atoms with Gasteiger partial charge in [0.25, 0.3) is 0 Å². The first-order valence-corrected chi connectivity index (χ1v) is 8.43. The van der Waals surface area contributed by atoms with E-state index in [0.29, 0.717) is 15.6 Å². The molecule has 0 bridgehead atoms. The van der Waals surface area contributed by atoms with Crippen molar-refractivity contribution in [3.8, 4) is 5.75 Å². The van der Waals surface area contributed by atoms with Crippen molar-refractivity contribution in [2.45, 2.75) is 0 Å². The molecular weight excluding hydrogens is 348 g/mol. The van der Waals surface area contributed by atoms with E-state index in [0.717, 1.165) is 10.8 Å². The van der Waals surface area contributed by atoms with Gasteiger partial charge in [0, 0.05) is 15.8 Å². The van der Waals surface area contributed by atoms with E-state index in [9.17, 15) is 9.59 Å². The number of ether oxygens (including phenoxy) is 2. The average molecular weight is 361 g/mol. The number of halogens is 1. The zero-order valence-electron chi connectivity index (χ0n) is 12.5. The highest BCUT2D eigenvalue weighted by Crippen LogP contribution is 2.31. The Morgan fingerprint density at radius 2 is 1.75 bits per heavy atom. The van der Waals surface area contributed by atoms with Gasteiger partial charge in [0.15, 0.2) is 13.2 Å². The summed E-state index contributed by atoms with van der Waals surface area (Å²) in [5.74, 6) is -0.286. The molecule has 6 heteroatoms. The standard InChI is InChI=1S/C18H13ClO4S/c19-14-7-8-16(13-5-2-1-4-12(13)14)22-11-18(21)23-10-15(20)17-6-3-9-24-17/h1-9H,10-11H2. The maximum absolute atomic E-state index is 11.8. The number of ketones is 1. The van der Waals surface area contributed by atoms with Gasteiger partial charge in [-0.15, -0.1) is 11.3 Å². The predicted molar refractivity (Wildman–Crippen MR) is 94.1 cm³/mol. The van der Waals surface area contributed by atoms with E-state index in [1.165, 1.54) is 11.3 Å². The van der Waals surface area contributed by atoms with Gasteiger partial charge >= 0.3 is 5.97 Å². The molecule has 0 saturated heterocycles. The summed E-state index contributed by atoms with van der Waals surface area (Å²) in [6.45, 7) is -0.562. The Kier molecular flexibility index (Phi) is 5.13. The summed E-state index contributed by atoms with van der Waals surface area (Å²) in [4.78, 5) is 24.1. The first-order valence-electron chi connectivity index (χ1n) is 7.17. The third-order valence-electron chi connectivity index (χ3n) is 3.34. The molecule has 0 fully saturated rings. The topological polar surface area (TPSA) is 52.6 Å². The van der Waals surface area contributed by atoms with Gasteiger partial charge in [0.2, 0.25) is 5.78 Å². The van der Waals surface area contributed by atoms with Crippen LogP contribution in [0.3, 0.4) is 0 Å². The second-order valence-corrected chi connectivity index (χ2v) is 6.30. The molecule has 0 unspecified atom stereocenters. The Balaban J connectivity index is 1.59. The van der Waals surface area contributed by atoms with Crippen molar-refractivity contribution >= 4 is 45.5 Å². The van der Waals surface area contributed by atoms with Gasteiger partial charge in [0.1, 0.15) is 5.75 Å². The number of rotatable bonds is 6. The first kappa shape index (κ1) is 16.5. The SMILES string of the molecule is O=C(COc1ccc(Cl)c2ccccc12)OCC(=O)c1cccs1. The molecule has 0 saturated carbocycles. The zero-order chi connectivity index (χ0) is 16.9. The first-order chi connectivity index (χ1) is 11.6. The van der Waals surface area contributed by atoms with Crippen molar-refractivity contribution in [2.75, 3.05) is 13.2 Å². The Labute approximate surface area is 147 Å². The fourth-order valence-corrected chi connectivity index (χ4v) is 3.07. The average Bonchev–Trinajstić information content (AvgIpc) is 3.14. The summed E-state index contributed by atoms with van der Waals surface area (Å²) < 4.78 is 10.5. The molecule has 4 nitrogen and oxygen atoms in total. The molecule has 2 aromatic carbocycles. The van der Waals surface area contributed by atoms with Crippen LogP contribution in [0, 0.1) is 0 Å². The Hall–Kier alpha value is -2.37. The van der Waals surface area contributed by atoms with E-state index >= 15 is 0 Å². The van der Waals surface area contributed by atoms with Crippen LogP contribution in [0.4, 0.5) is 0 Å². The van der Waals surface area contributed by atoms with Gasteiger partial charge in [-0.3, -0.25) is 4.79 Å². The summed E-state index contributed by atoms with van der Waals surface area (Å²) in [7, 11) is 0. The van der Waals surface area contributed by atoms with Crippen LogP contribution in [0.2, 0.25) is 5.02 Å². The number of fused-ring (bicyclic) bond motifs is 1. The lowest BCUT2D eigenvalue weighted by atomic mass is 10.1. The van der Waals surface area contributed by atoms with E-state index in [-0.39, 0.29) is 19.0 Å². The van der Waals surface area contributed by atoms with Crippen molar-refractivity contribution in [1.82, 2.24) is 0 Å². The van der Waals surface area contributed by atoms with Crippen LogP contribution in [0.15, 0.2) is 53.9 Å². The number of benzene rings is 2. The molecule has 0 radical (unpaired) electrons. The van der Waals surface area contributed by atoms with Crippen LogP contribution in [0.1, 0.15) is 9.67 Å². The van der Waals surface area contributed by atoms with Crippen molar-refractivity contribution in [3.05, 3.63) is 63.8 Å². The van der Waals surface area contributed by atoms with Crippen LogP contribution >= 0.6 is 22.9 Å². The lowest BCUT2D eigenvalue weighted by Gasteiger charge is -2.10. The summed E-state index contributed by atoms with van der Waals surface area (Å²) in [5.41, 5.74) is 0. The molecule has 24 heavy (non-hydrogen) atoms. The van der Waals surface area contributed by atoms with E-state index in [4.69, 9.17) is 21.1 Å². The van der Waals surface area contributed by atoms with Crippen molar-refractivity contribution in [3.63, 3.8) is 0 Å². The van der Waals surface area contributed by atoms with Gasteiger partial charge in [0.05, 0.1) is 4.88 Å². The van der Waals surface area contributed by atoms with Crippen LogP contribution < -0.4 is 4.74 Å². The normalized spacial score (nSPS) is 10.5. The predicted octanol–water partition coefficient (Wildman–Crippen LogP) is 4.36. The molecule has 0 aliphatic rings. The molecule has 0 atom stereocenters. The third kappa shape index (κ3) is 3.75. The third-order valence-corrected chi connectivity index (χ3v) is 4.58. The maximum atomic E-state index is 11.8. The van der Waals surface area contributed by atoms with Gasteiger partial charge in [-0.2, -0.15) is 0 Å². The summed E-state index contributed by atoms with van der Waals surface area (Å²) in [6.07, 6.45) is 0. The van der Waals surface area contributed by atoms with Gasteiger partial charge in [-0.25, -0.2) is 4.79 Å². The number of esters is 1.